The molecular formula is C23H44O3. The predicted octanol–water partition coefficient (Wildman–Crippen LogP) is 5.54. The van der Waals surface area contributed by atoms with Crippen LogP contribution < -0.4 is 0 Å². The summed E-state index contributed by atoms with van der Waals surface area (Å²) in [6.45, 7) is 10.7. The minimum Gasteiger partial charge on any atom is -0.396 e. The standard InChI is InChI=1S/C23H44O3/c1-18(2)9-6-10-19(3)11-7-12-20(4)13-8-14-21(5)15-23(26)22(16-24)17-25/h15,18-20,22,24-25H,6-14,16-17H2,1-5H3. The molecule has 0 aliphatic carbocycles. The quantitative estimate of drug-likeness (QED) is 0.352. The van der Waals surface area contributed by atoms with Gasteiger partial charge in [0.05, 0.1) is 19.1 Å². The maximum absolute atomic E-state index is 11.8. The number of hydrogen-bond acceptors (Lipinski definition) is 3. The van der Waals surface area contributed by atoms with Crippen molar-refractivity contribution in [2.24, 2.45) is 23.7 Å². The molecule has 0 rings (SSSR count). The van der Waals surface area contributed by atoms with Crippen molar-refractivity contribution in [1.82, 2.24) is 0 Å². The molecule has 0 aromatic carbocycles. The summed E-state index contributed by atoms with van der Waals surface area (Å²) in [5.74, 6) is 1.60. The Morgan fingerprint density at radius 1 is 0.808 bits per heavy atom. The Morgan fingerprint density at radius 2 is 1.27 bits per heavy atom. The number of carbonyl (C=O) groups excluding carboxylic acids is 1. The number of aliphatic hydroxyl groups is 2. The van der Waals surface area contributed by atoms with E-state index in [9.17, 15) is 4.79 Å². The first-order chi connectivity index (χ1) is 12.3. The lowest BCUT2D eigenvalue weighted by Gasteiger charge is -2.15. The molecule has 154 valence electrons. The Morgan fingerprint density at radius 3 is 1.73 bits per heavy atom. The summed E-state index contributed by atoms with van der Waals surface area (Å²) in [5, 5.41) is 18.1. The van der Waals surface area contributed by atoms with Crippen LogP contribution in [0.1, 0.15) is 92.4 Å². The van der Waals surface area contributed by atoms with Gasteiger partial charge >= 0.3 is 0 Å². The van der Waals surface area contributed by atoms with Crippen LogP contribution in [-0.2, 0) is 4.79 Å². The van der Waals surface area contributed by atoms with Crippen LogP contribution in [0.4, 0.5) is 0 Å². The zero-order chi connectivity index (χ0) is 19.9. The second-order valence-electron chi connectivity index (χ2n) is 8.81. The summed E-state index contributed by atoms with van der Waals surface area (Å²) in [6, 6.07) is 0. The monoisotopic (exact) mass is 368 g/mol. The molecule has 0 aromatic rings. The van der Waals surface area contributed by atoms with Crippen LogP contribution in [0, 0.1) is 23.7 Å². The Hall–Kier alpha value is -0.670. The van der Waals surface area contributed by atoms with Gasteiger partial charge in [0.25, 0.3) is 0 Å². The predicted molar refractivity (Wildman–Crippen MR) is 111 cm³/mol. The molecule has 3 heteroatoms. The number of ketones is 1. The third kappa shape index (κ3) is 13.5. The lowest BCUT2D eigenvalue weighted by Crippen LogP contribution is -2.20. The van der Waals surface area contributed by atoms with E-state index in [-0.39, 0.29) is 19.0 Å². The second kappa shape index (κ2) is 15.4. The van der Waals surface area contributed by atoms with Crippen molar-refractivity contribution in [3.05, 3.63) is 11.6 Å². The van der Waals surface area contributed by atoms with Crippen molar-refractivity contribution in [2.75, 3.05) is 13.2 Å². The highest BCUT2D eigenvalue weighted by atomic mass is 16.3. The molecule has 2 unspecified atom stereocenters. The van der Waals surface area contributed by atoms with Crippen molar-refractivity contribution in [3.8, 4) is 0 Å². The molecule has 3 nitrogen and oxygen atoms in total. The summed E-state index contributed by atoms with van der Waals surface area (Å²) < 4.78 is 0. The van der Waals surface area contributed by atoms with Gasteiger partial charge in [-0.1, -0.05) is 78.2 Å². The smallest absolute Gasteiger partial charge is 0.163 e. The fourth-order valence-corrected chi connectivity index (χ4v) is 3.38. The van der Waals surface area contributed by atoms with E-state index in [1.807, 2.05) is 6.92 Å². The van der Waals surface area contributed by atoms with Crippen LogP contribution in [0.15, 0.2) is 11.6 Å². The molecule has 0 fully saturated rings. The van der Waals surface area contributed by atoms with Gasteiger partial charge in [0.15, 0.2) is 5.78 Å². The summed E-state index contributed by atoms with van der Waals surface area (Å²) in [5.41, 5.74) is 1.05. The fraction of sp³-hybridized carbons (Fsp3) is 0.870. The van der Waals surface area contributed by atoms with E-state index >= 15 is 0 Å². The minimum absolute atomic E-state index is 0.160. The van der Waals surface area contributed by atoms with E-state index in [0.29, 0.717) is 0 Å². The van der Waals surface area contributed by atoms with E-state index in [4.69, 9.17) is 10.2 Å². The van der Waals surface area contributed by atoms with Gasteiger partial charge in [0.2, 0.25) is 0 Å². The number of hydrogen-bond donors (Lipinski definition) is 2. The van der Waals surface area contributed by atoms with Gasteiger partial charge in [0, 0.05) is 0 Å². The molecule has 0 aliphatic rings. The van der Waals surface area contributed by atoms with Gasteiger partial charge in [-0.25, -0.2) is 0 Å². The minimum atomic E-state index is -0.661. The highest BCUT2D eigenvalue weighted by molar-refractivity contribution is 5.92. The molecule has 2 N–H and O–H groups in total. The SMILES string of the molecule is CC(=CC(=O)C(CO)CO)CCCC(C)CCCC(C)CCCC(C)C. The first kappa shape index (κ1) is 25.3. The molecule has 26 heavy (non-hydrogen) atoms. The topological polar surface area (TPSA) is 57.5 Å². The van der Waals surface area contributed by atoms with Crippen molar-refractivity contribution >= 4 is 5.78 Å². The van der Waals surface area contributed by atoms with Crippen LogP contribution in [0.3, 0.4) is 0 Å². The highest BCUT2D eigenvalue weighted by Gasteiger charge is 2.14. The molecular weight excluding hydrogens is 324 g/mol. The Labute approximate surface area is 162 Å². The number of aliphatic hydroxyl groups excluding tert-OH is 2. The molecule has 0 saturated heterocycles. The lowest BCUT2D eigenvalue weighted by molar-refractivity contribution is -0.120. The average Bonchev–Trinajstić information content (AvgIpc) is 2.55. The fourth-order valence-electron chi connectivity index (χ4n) is 3.38. The zero-order valence-electron chi connectivity index (χ0n) is 18.0. The largest absolute Gasteiger partial charge is 0.396 e. The summed E-state index contributed by atoms with van der Waals surface area (Å²) in [6.07, 6.45) is 12.9. The van der Waals surface area contributed by atoms with E-state index in [1.54, 1.807) is 6.08 Å². The van der Waals surface area contributed by atoms with E-state index in [2.05, 4.69) is 27.7 Å². The van der Waals surface area contributed by atoms with Crippen LogP contribution in [0.2, 0.25) is 0 Å². The summed E-state index contributed by atoms with van der Waals surface area (Å²) in [4.78, 5) is 11.8. The van der Waals surface area contributed by atoms with Gasteiger partial charge in [-0.3, -0.25) is 4.79 Å². The van der Waals surface area contributed by atoms with Crippen molar-refractivity contribution in [3.63, 3.8) is 0 Å². The van der Waals surface area contributed by atoms with Crippen molar-refractivity contribution < 1.29 is 15.0 Å². The maximum atomic E-state index is 11.8. The van der Waals surface area contributed by atoms with Gasteiger partial charge in [-0.15, -0.1) is 0 Å². The molecule has 2 atom stereocenters. The molecule has 0 aliphatic heterocycles. The third-order valence-corrected chi connectivity index (χ3v) is 5.37. The average molecular weight is 369 g/mol. The Bertz CT molecular complexity index is 383. The Balaban J connectivity index is 3.85. The van der Waals surface area contributed by atoms with Gasteiger partial charge < -0.3 is 10.2 Å². The normalized spacial score (nSPS) is 14.9. The molecule has 0 bridgehead atoms. The molecule has 0 spiro atoms. The van der Waals surface area contributed by atoms with E-state index in [0.717, 1.165) is 36.2 Å². The number of rotatable bonds is 16. The van der Waals surface area contributed by atoms with E-state index in [1.165, 1.54) is 44.9 Å². The van der Waals surface area contributed by atoms with Crippen LogP contribution >= 0.6 is 0 Å². The van der Waals surface area contributed by atoms with Crippen LogP contribution in [0.25, 0.3) is 0 Å². The molecule has 0 amide bonds. The van der Waals surface area contributed by atoms with Crippen molar-refractivity contribution in [1.29, 1.82) is 0 Å². The molecule has 0 heterocycles. The molecule has 0 radical (unpaired) electrons. The third-order valence-electron chi connectivity index (χ3n) is 5.37. The van der Waals surface area contributed by atoms with Crippen LogP contribution in [-0.4, -0.2) is 29.2 Å². The Kier molecular flexibility index (Phi) is 15.0. The summed E-state index contributed by atoms with van der Waals surface area (Å²) >= 11 is 0. The maximum Gasteiger partial charge on any atom is 0.163 e. The first-order valence-corrected chi connectivity index (χ1v) is 10.7. The highest BCUT2D eigenvalue weighted by Crippen LogP contribution is 2.22. The summed E-state index contributed by atoms with van der Waals surface area (Å²) in [7, 11) is 0. The first-order valence-electron chi connectivity index (χ1n) is 10.7. The lowest BCUT2D eigenvalue weighted by atomic mass is 9.91. The van der Waals surface area contributed by atoms with Crippen molar-refractivity contribution in [2.45, 2.75) is 92.4 Å². The zero-order valence-corrected chi connectivity index (χ0v) is 18.0. The molecule has 0 saturated carbocycles. The van der Waals surface area contributed by atoms with Gasteiger partial charge in [0.1, 0.15) is 0 Å². The number of allylic oxidation sites excluding steroid dienone is 2. The van der Waals surface area contributed by atoms with Gasteiger partial charge in [-0.2, -0.15) is 0 Å². The van der Waals surface area contributed by atoms with Gasteiger partial charge in [-0.05, 0) is 43.6 Å². The molecule has 0 aromatic heterocycles. The van der Waals surface area contributed by atoms with Crippen LogP contribution in [0.5, 0.6) is 0 Å². The second-order valence-corrected chi connectivity index (χ2v) is 8.81. The van der Waals surface area contributed by atoms with E-state index < -0.39 is 5.92 Å². The number of carbonyl (C=O) groups is 1.